The van der Waals surface area contributed by atoms with Crippen molar-refractivity contribution in [2.45, 2.75) is 25.3 Å². The molecule has 0 aromatic heterocycles. The normalized spacial score (nSPS) is 14.3. The fourth-order valence-electron chi connectivity index (χ4n) is 0.289. The van der Waals surface area contributed by atoms with E-state index in [0.717, 1.165) is 5.66 Å². The molecular formula is C4H12BP. The Bertz CT molecular complexity index is 26.7. The van der Waals surface area contributed by atoms with E-state index in [9.17, 15) is 0 Å². The molecule has 0 fully saturated rings. The molecule has 0 saturated carbocycles. The highest BCUT2D eigenvalue weighted by molar-refractivity contribution is 7.17. The second kappa shape index (κ2) is 3.68. The molecule has 0 heterocycles. The van der Waals surface area contributed by atoms with Crippen LogP contribution in [-0.2, 0) is 0 Å². The molecule has 0 aromatic carbocycles. The van der Waals surface area contributed by atoms with E-state index in [2.05, 4.69) is 24.0 Å². The van der Waals surface area contributed by atoms with Crippen molar-refractivity contribution in [3.63, 3.8) is 0 Å². The highest BCUT2D eigenvalue weighted by Crippen LogP contribution is 2.06. The molecule has 2 unspecified atom stereocenters. The molecule has 0 rings (SSSR count). The SMILES string of the molecule is BCC(P)CC. The van der Waals surface area contributed by atoms with Gasteiger partial charge in [0.15, 0.2) is 0 Å². The molecule has 2 atom stereocenters. The van der Waals surface area contributed by atoms with Crippen molar-refractivity contribution in [1.29, 1.82) is 0 Å². The maximum Gasteiger partial charge on any atom is 0.102 e. The van der Waals surface area contributed by atoms with Crippen molar-refractivity contribution in [3.8, 4) is 0 Å². The monoisotopic (exact) mass is 102 g/mol. The minimum atomic E-state index is 0.852. The van der Waals surface area contributed by atoms with Gasteiger partial charge in [-0.05, 0) is 5.66 Å². The first kappa shape index (κ1) is 6.49. The molecule has 0 aliphatic rings. The summed E-state index contributed by atoms with van der Waals surface area (Å²) in [5.41, 5.74) is 0.852. The summed E-state index contributed by atoms with van der Waals surface area (Å²) in [6.07, 6.45) is 2.59. The molecule has 6 heavy (non-hydrogen) atoms. The zero-order valence-corrected chi connectivity index (χ0v) is 5.72. The second-order valence-corrected chi connectivity index (χ2v) is 2.52. The third-order valence-corrected chi connectivity index (χ3v) is 1.99. The first-order valence-corrected chi connectivity index (χ1v) is 3.23. The molecule has 2 heteroatoms. The van der Waals surface area contributed by atoms with Gasteiger partial charge in [-0.2, -0.15) is 0 Å². The van der Waals surface area contributed by atoms with Crippen LogP contribution in [0.25, 0.3) is 0 Å². The summed E-state index contributed by atoms with van der Waals surface area (Å²) in [5.74, 6) is 0. The summed E-state index contributed by atoms with van der Waals surface area (Å²) in [6.45, 7) is 2.21. The molecule has 0 aliphatic heterocycles. The third kappa shape index (κ3) is 2.72. The Morgan fingerprint density at radius 1 is 1.83 bits per heavy atom. The fraction of sp³-hybridized carbons (Fsp3) is 1.00. The molecule has 0 spiro atoms. The largest absolute Gasteiger partial charge is 0.135 e. The van der Waals surface area contributed by atoms with Gasteiger partial charge in [-0.15, -0.1) is 9.24 Å². The molecular weight excluding hydrogens is 89.8 g/mol. The average molecular weight is 102 g/mol. The van der Waals surface area contributed by atoms with Crippen molar-refractivity contribution in [2.75, 3.05) is 0 Å². The average Bonchev–Trinajstić information content (AvgIpc) is 1.65. The van der Waals surface area contributed by atoms with Gasteiger partial charge in [0.25, 0.3) is 0 Å². The lowest BCUT2D eigenvalue weighted by atomic mass is 10.0. The molecule has 0 aromatic rings. The zero-order chi connectivity index (χ0) is 4.99. The topological polar surface area (TPSA) is 0 Å². The van der Waals surface area contributed by atoms with Crippen molar-refractivity contribution < 1.29 is 0 Å². The molecule has 0 N–H and O–H groups in total. The number of hydrogen-bond donors (Lipinski definition) is 0. The van der Waals surface area contributed by atoms with E-state index in [1.54, 1.807) is 0 Å². The fourth-order valence-corrected chi connectivity index (χ4v) is 0.289. The van der Waals surface area contributed by atoms with E-state index >= 15 is 0 Å². The van der Waals surface area contributed by atoms with Gasteiger partial charge in [-0.25, -0.2) is 0 Å². The van der Waals surface area contributed by atoms with Gasteiger partial charge in [0.05, 0.1) is 0 Å². The molecule has 0 nitrogen and oxygen atoms in total. The molecule has 0 saturated heterocycles. The molecule has 0 aliphatic carbocycles. The van der Waals surface area contributed by atoms with Crippen LogP contribution in [0, 0.1) is 0 Å². The lowest BCUT2D eigenvalue weighted by Gasteiger charge is -1.98. The van der Waals surface area contributed by atoms with Gasteiger partial charge < -0.3 is 0 Å². The van der Waals surface area contributed by atoms with Crippen LogP contribution in [0.5, 0.6) is 0 Å². The Labute approximate surface area is 43.3 Å². The maximum atomic E-state index is 2.81. The van der Waals surface area contributed by atoms with E-state index < -0.39 is 0 Å². The first-order chi connectivity index (χ1) is 2.81. The second-order valence-electron chi connectivity index (χ2n) is 1.58. The van der Waals surface area contributed by atoms with Crippen LogP contribution in [-0.4, -0.2) is 13.5 Å². The van der Waals surface area contributed by atoms with Gasteiger partial charge in [0.1, 0.15) is 7.85 Å². The van der Waals surface area contributed by atoms with E-state index in [1.165, 1.54) is 12.7 Å². The third-order valence-electron chi connectivity index (χ3n) is 1.05. The summed E-state index contributed by atoms with van der Waals surface area (Å²) < 4.78 is 0. The van der Waals surface area contributed by atoms with Crippen molar-refractivity contribution >= 4 is 17.1 Å². The Hall–Kier alpha value is 0.495. The molecule has 0 amide bonds. The number of hydrogen-bond acceptors (Lipinski definition) is 0. The lowest BCUT2D eigenvalue weighted by molar-refractivity contribution is 0.905. The molecule has 36 valence electrons. The van der Waals surface area contributed by atoms with Crippen molar-refractivity contribution in [2.24, 2.45) is 0 Å². The van der Waals surface area contributed by atoms with Crippen molar-refractivity contribution in [1.82, 2.24) is 0 Å². The maximum absolute atomic E-state index is 2.81. The van der Waals surface area contributed by atoms with E-state index in [0.29, 0.717) is 0 Å². The highest BCUT2D eigenvalue weighted by Gasteiger charge is 1.88. The smallest absolute Gasteiger partial charge is 0.102 e. The van der Waals surface area contributed by atoms with Gasteiger partial charge in [0.2, 0.25) is 0 Å². The van der Waals surface area contributed by atoms with Crippen LogP contribution in [0.2, 0.25) is 6.32 Å². The predicted molar refractivity (Wildman–Crippen MR) is 37.1 cm³/mol. The van der Waals surface area contributed by atoms with Crippen LogP contribution >= 0.6 is 9.24 Å². The lowest BCUT2D eigenvalue weighted by Crippen LogP contribution is -1.90. The summed E-state index contributed by atoms with van der Waals surface area (Å²) in [6, 6.07) is 0. The van der Waals surface area contributed by atoms with Crippen LogP contribution in [0.1, 0.15) is 13.3 Å². The standard InChI is InChI=1S/C4H12BP/c1-2-4(6)3-5/h4H,2-3,5-6H2,1H3. The Kier molecular flexibility index (Phi) is 3.98. The Morgan fingerprint density at radius 3 is 2.33 bits per heavy atom. The quantitative estimate of drug-likeness (QED) is 0.355. The first-order valence-electron chi connectivity index (χ1n) is 2.56. The van der Waals surface area contributed by atoms with Gasteiger partial charge in [0, 0.05) is 0 Å². The van der Waals surface area contributed by atoms with E-state index in [-0.39, 0.29) is 0 Å². The summed E-state index contributed by atoms with van der Waals surface area (Å²) in [5, 5.41) is 0. The van der Waals surface area contributed by atoms with E-state index in [1.807, 2.05) is 0 Å². The molecule has 0 bridgehead atoms. The minimum Gasteiger partial charge on any atom is -0.135 e. The van der Waals surface area contributed by atoms with Gasteiger partial charge in [-0.3, -0.25) is 0 Å². The Balaban J connectivity index is 2.75. The van der Waals surface area contributed by atoms with Crippen LogP contribution in [0.15, 0.2) is 0 Å². The zero-order valence-electron chi connectivity index (χ0n) is 4.57. The number of rotatable bonds is 2. The van der Waals surface area contributed by atoms with Crippen LogP contribution in [0.3, 0.4) is 0 Å². The minimum absolute atomic E-state index is 0.852. The summed E-state index contributed by atoms with van der Waals surface area (Å²) in [7, 11) is 5.02. The van der Waals surface area contributed by atoms with Crippen LogP contribution < -0.4 is 0 Å². The summed E-state index contributed by atoms with van der Waals surface area (Å²) >= 11 is 0. The Morgan fingerprint density at radius 2 is 2.33 bits per heavy atom. The highest BCUT2D eigenvalue weighted by atomic mass is 31.0. The van der Waals surface area contributed by atoms with E-state index in [4.69, 9.17) is 0 Å². The summed E-state index contributed by atoms with van der Waals surface area (Å²) in [4.78, 5) is 0. The van der Waals surface area contributed by atoms with Gasteiger partial charge >= 0.3 is 0 Å². The van der Waals surface area contributed by atoms with Crippen LogP contribution in [0.4, 0.5) is 0 Å². The van der Waals surface area contributed by atoms with Gasteiger partial charge in [-0.1, -0.05) is 19.7 Å². The molecule has 0 radical (unpaired) electrons. The van der Waals surface area contributed by atoms with Crippen molar-refractivity contribution in [3.05, 3.63) is 0 Å². The predicted octanol–water partition coefficient (Wildman–Crippen LogP) is 0.691.